The van der Waals surface area contributed by atoms with E-state index in [4.69, 9.17) is 11.6 Å². The predicted octanol–water partition coefficient (Wildman–Crippen LogP) is 3.24. The van der Waals surface area contributed by atoms with Gasteiger partial charge in [0.25, 0.3) is 0 Å². The molecular formula is C14H12ClFN2O2. The smallest absolute Gasteiger partial charge is 0.356 e. The molecule has 4 nitrogen and oxygen atoms in total. The molecule has 0 saturated heterocycles. The van der Waals surface area contributed by atoms with Crippen LogP contribution in [0.3, 0.4) is 0 Å². The quantitative estimate of drug-likeness (QED) is 0.925. The van der Waals surface area contributed by atoms with Gasteiger partial charge in [0.1, 0.15) is 5.82 Å². The number of nitrogens with zero attached hydrogens (tertiary/aromatic N) is 2. The average molecular weight is 295 g/mol. The van der Waals surface area contributed by atoms with Gasteiger partial charge in [-0.3, -0.25) is 0 Å². The lowest BCUT2D eigenvalue weighted by atomic mass is 9.95. The summed E-state index contributed by atoms with van der Waals surface area (Å²) in [6.07, 6.45) is 3.38. The Bertz CT molecular complexity index is 697. The molecule has 6 heteroatoms. The molecule has 1 aliphatic carbocycles. The van der Waals surface area contributed by atoms with Crippen LogP contribution in [0.4, 0.5) is 4.39 Å². The second-order valence-electron chi connectivity index (χ2n) is 4.80. The third kappa shape index (κ3) is 2.08. The molecule has 104 valence electrons. The number of halogens is 2. The molecule has 0 atom stereocenters. The van der Waals surface area contributed by atoms with E-state index in [1.165, 1.54) is 16.8 Å². The molecule has 1 aliphatic rings. The summed E-state index contributed by atoms with van der Waals surface area (Å²) in [4.78, 5) is 11.3. The van der Waals surface area contributed by atoms with Crippen molar-refractivity contribution in [2.75, 3.05) is 0 Å². The summed E-state index contributed by atoms with van der Waals surface area (Å²) in [6, 6.07) is 4.36. The predicted molar refractivity (Wildman–Crippen MR) is 72.1 cm³/mol. The van der Waals surface area contributed by atoms with Crippen LogP contribution >= 0.6 is 11.6 Å². The van der Waals surface area contributed by atoms with Crippen LogP contribution < -0.4 is 0 Å². The molecule has 0 amide bonds. The van der Waals surface area contributed by atoms with E-state index in [9.17, 15) is 14.3 Å². The van der Waals surface area contributed by atoms with Crippen molar-refractivity contribution in [1.29, 1.82) is 0 Å². The van der Waals surface area contributed by atoms with Gasteiger partial charge in [0.2, 0.25) is 0 Å². The molecule has 1 N–H and O–H groups in total. The first-order valence-corrected chi connectivity index (χ1v) is 6.75. The molecule has 0 bridgehead atoms. The Morgan fingerprint density at radius 2 is 2.10 bits per heavy atom. The lowest BCUT2D eigenvalue weighted by Gasteiger charge is -2.14. The fourth-order valence-electron chi connectivity index (χ4n) is 2.60. The van der Waals surface area contributed by atoms with Crippen LogP contribution in [-0.2, 0) is 12.8 Å². The Morgan fingerprint density at radius 1 is 1.35 bits per heavy atom. The van der Waals surface area contributed by atoms with Crippen molar-refractivity contribution in [3.63, 3.8) is 0 Å². The van der Waals surface area contributed by atoms with E-state index in [1.54, 1.807) is 6.07 Å². The summed E-state index contributed by atoms with van der Waals surface area (Å²) in [7, 11) is 0. The molecule has 1 heterocycles. The monoisotopic (exact) mass is 294 g/mol. The van der Waals surface area contributed by atoms with E-state index >= 15 is 0 Å². The number of fused-ring (bicyclic) bond motifs is 1. The average Bonchev–Trinajstić information content (AvgIpc) is 2.82. The van der Waals surface area contributed by atoms with Crippen molar-refractivity contribution in [1.82, 2.24) is 9.78 Å². The fourth-order valence-corrected chi connectivity index (χ4v) is 2.72. The van der Waals surface area contributed by atoms with Crippen molar-refractivity contribution in [2.24, 2.45) is 0 Å². The van der Waals surface area contributed by atoms with E-state index in [0.717, 1.165) is 30.5 Å². The van der Waals surface area contributed by atoms with Crippen LogP contribution in [0.15, 0.2) is 18.2 Å². The van der Waals surface area contributed by atoms with Crippen LogP contribution in [-0.4, -0.2) is 20.9 Å². The summed E-state index contributed by atoms with van der Waals surface area (Å²) in [5, 5.41) is 13.4. The van der Waals surface area contributed by atoms with Crippen molar-refractivity contribution in [2.45, 2.75) is 25.7 Å². The Morgan fingerprint density at radius 3 is 2.80 bits per heavy atom. The molecule has 2 aromatic rings. The normalized spacial score (nSPS) is 14.1. The second kappa shape index (κ2) is 4.90. The Balaban J connectivity index is 2.18. The van der Waals surface area contributed by atoms with E-state index in [0.29, 0.717) is 12.1 Å². The van der Waals surface area contributed by atoms with E-state index in [2.05, 4.69) is 5.10 Å². The molecule has 1 aromatic carbocycles. The first-order chi connectivity index (χ1) is 9.58. The van der Waals surface area contributed by atoms with Gasteiger partial charge in [-0.25, -0.2) is 13.9 Å². The number of rotatable bonds is 2. The van der Waals surface area contributed by atoms with Gasteiger partial charge in [-0.2, -0.15) is 5.10 Å². The minimum atomic E-state index is -1.05. The standard InChI is InChI=1S/C14H12ClFN2O2/c15-10-6-5-8(7-11(10)16)18-12-4-2-1-3-9(12)13(17-18)14(19)20/h5-7H,1-4H2,(H,19,20). The maximum absolute atomic E-state index is 13.6. The molecule has 0 radical (unpaired) electrons. The van der Waals surface area contributed by atoms with Gasteiger partial charge in [-0.05, 0) is 37.8 Å². The molecular weight excluding hydrogens is 283 g/mol. The van der Waals surface area contributed by atoms with Gasteiger partial charge < -0.3 is 5.11 Å². The Kier molecular flexibility index (Phi) is 3.22. The van der Waals surface area contributed by atoms with Gasteiger partial charge in [-0.1, -0.05) is 11.6 Å². The topological polar surface area (TPSA) is 55.1 Å². The number of carboxylic acids is 1. The number of hydrogen-bond donors (Lipinski definition) is 1. The number of benzene rings is 1. The fraction of sp³-hybridized carbons (Fsp3) is 0.286. The number of carbonyl (C=O) groups is 1. The molecule has 0 aliphatic heterocycles. The highest BCUT2D eigenvalue weighted by Gasteiger charge is 2.25. The van der Waals surface area contributed by atoms with Crippen LogP contribution in [0.2, 0.25) is 5.02 Å². The molecule has 0 spiro atoms. The van der Waals surface area contributed by atoms with Crippen LogP contribution in [0, 0.1) is 5.82 Å². The highest BCUT2D eigenvalue weighted by molar-refractivity contribution is 6.30. The van der Waals surface area contributed by atoms with Crippen molar-refractivity contribution in [3.05, 3.63) is 46.0 Å². The highest BCUT2D eigenvalue weighted by Crippen LogP contribution is 2.28. The molecule has 0 fully saturated rings. The molecule has 0 saturated carbocycles. The summed E-state index contributed by atoms with van der Waals surface area (Å²) in [6.45, 7) is 0. The zero-order chi connectivity index (χ0) is 14.3. The molecule has 1 aromatic heterocycles. The van der Waals surface area contributed by atoms with Gasteiger partial charge in [0.15, 0.2) is 5.69 Å². The van der Waals surface area contributed by atoms with Crippen molar-refractivity contribution >= 4 is 17.6 Å². The molecule has 20 heavy (non-hydrogen) atoms. The zero-order valence-electron chi connectivity index (χ0n) is 10.6. The van der Waals surface area contributed by atoms with E-state index in [-0.39, 0.29) is 10.7 Å². The third-order valence-electron chi connectivity index (χ3n) is 3.53. The lowest BCUT2D eigenvalue weighted by Crippen LogP contribution is -2.08. The Labute approximate surface area is 119 Å². The van der Waals surface area contributed by atoms with Gasteiger partial charge in [0, 0.05) is 17.3 Å². The lowest BCUT2D eigenvalue weighted by molar-refractivity contribution is 0.0688. The molecule has 3 rings (SSSR count). The van der Waals surface area contributed by atoms with Gasteiger partial charge in [-0.15, -0.1) is 0 Å². The first-order valence-electron chi connectivity index (χ1n) is 6.37. The second-order valence-corrected chi connectivity index (χ2v) is 5.20. The van der Waals surface area contributed by atoms with E-state index in [1.807, 2.05) is 0 Å². The number of carboxylic acid groups (broad SMARTS) is 1. The first kappa shape index (κ1) is 13.1. The summed E-state index contributed by atoms with van der Waals surface area (Å²) < 4.78 is 15.1. The summed E-state index contributed by atoms with van der Waals surface area (Å²) in [5.74, 6) is -1.59. The SMILES string of the molecule is O=C(O)c1nn(-c2ccc(Cl)c(F)c2)c2c1CCCC2. The number of aromatic carboxylic acids is 1. The number of hydrogen-bond acceptors (Lipinski definition) is 2. The van der Waals surface area contributed by atoms with Gasteiger partial charge >= 0.3 is 5.97 Å². The number of aromatic nitrogens is 2. The highest BCUT2D eigenvalue weighted by atomic mass is 35.5. The minimum Gasteiger partial charge on any atom is -0.476 e. The largest absolute Gasteiger partial charge is 0.476 e. The van der Waals surface area contributed by atoms with Crippen molar-refractivity contribution < 1.29 is 14.3 Å². The van der Waals surface area contributed by atoms with Crippen LogP contribution in [0.5, 0.6) is 0 Å². The summed E-state index contributed by atoms with van der Waals surface area (Å²) in [5.41, 5.74) is 2.18. The maximum atomic E-state index is 13.6. The maximum Gasteiger partial charge on any atom is 0.356 e. The van der Waals surface area contributed by atoms with Crippen LogP contribution in [0.1, 0.15) is 34.6 Å². The minimum absolute atomic E-state index is 0.0354. The Hall–Kier alpha value is -1.88. The van der Waals surface area contributed by atoms with Gasteiger partial charge in [0.05, 0.1) is 10.7 Å². The van der Waals surface area contributed by atoms with Crippen molar-refractivity contribution in [3.8, 4) is 5.69 Å². The van der Waals surface area contributed by atoms with E-state index < -0.39 is 11.8 Å². The third-order valence-corrected chi connectivity index (χ3v) is 3.84. The molecule has 0 unspecified atom stereocenters. The summed E-state index contributed by atoms with van der Waals surface area (Å²) >= 11 is 5.67. The van der Waals surface area contributed by atoms with Crippen LogP contribution in [0.25, 0.3) is 5.69 Å². The zero-order valence-corrected chi connectivity index (χ0v) is 11.3.